The third-order valence-electron chi connectivity index (χ3n) is 6.05. The summed E-state index contributed by atoms with van der Waals surface area (Å²) in [5.74, 6) is 0.911. The van der Waals surface area contributed by atoms with E-state index in [-0.39, 0.29) is 25.0 Å². The van der Waals surface area contributed by atoms with E-state index < -0.39 is 12.2 Å². The molecule has 0 bridgehead atoms. The molecule has 3 N–H and O–H groups in total. The molecule has 1 saturated heterocycles. The molecule has 0 saturated carbocycles. The highest BCUT2D eigenvalue weighted by atomic mass is 32.1. The fourth-order valence-corrected chi connectivity index (χ4v) is 5.33. The molecule has 1 fully saturated rings. The Morgan fingerprint density at radius 2 is 1.94 bits per heavy atom. The molecule has 10 heteroatoms. The van der Waals surface area contributed by atoms with Crippen LogP contribution in [0.15, 0.2) is 42.6 Å². The average Bonchev–Trinajstić information content (AvgIpc) is 3.51. The van der Waals surface area contributed by atoms with Crippen molar-refractivity contribution in [2.45, 2.75) is 32.5 Å². The van der Waals surface area contributed by atoms with Crippen LogP contribution in [0.1, 0.15) is 28.7 Å². The number of β-amino-alcohol motifs (C(OH)–C–C–N with tert-alkyl or cyclic N) is 2. The molecule has 5 rings (SSSR count). The second kappa shape index (κ2) is 9.29. The van der Waals surface area contributed by atoms with Crippen LogP contribution in [0.3, 0.4) is 0 Å². The highest BCUT2D eigenvalue weighted by Crippen LogP contribution is 2.36. The minimum atomic E-state index is -0.934. The summed E-state index contributed by atoms with van der Waals surface area (Å²) in [4.78, 5) is 31.7. The first kappa shape index (κ1) is 23.3. The van der Waals surface area contributed by atoms with Crippen molar-refractivity contribution in [3.8, 4) is 11.5 Å². The number of carbonyl (C=O) groups excluding carboxylic acids is 2. The first-order valence-electron chi connectivity index (χ1n) is 11.5. The first-order chi connectivity index (χ1) is 16.9. The number of likely N-dealkylation sites (tertiary alicyclic amines) is 1. The van der Waals surface area contributed by atoms with Gasteiger partial charge in [0.2, 0.25) is 0 Å². The quantitative estimate of drug-likeness (QED) is 0.391. The van der Waals surface area contributed by atoms with Crippen molar-refractivity contribution in [1.82, 2.24) is 19.8 Å². The number of ether oxygens (including phenoxy) is 1. The monoisotopic (exact) mass is 494 g/mol. The van der Waals surface area contributed by atoms with Crippen LogP contribution >= 0.6 is 11.3 Å². The van der Waals surface area contributed by atoms with Gasteiger partial charge in [-0.3, -0.25) is 14.3 Å². The standard InChI is InChI=1S/C25H26N4O5S/c1-3-7-27-25(33)29-14(2)9-15-10-16(4-5-18(15)29)34-21-6-8-26-17-11-22(35-23(17)21)24(32)28-12-19(30)20(31)13-28/h4-6,8-11,19-20,30-31H,3,7,12-13H2,1-2H3,(H,27,33). The summed E-state index contributed by atoms with van der Waals surface area (Å²) < 4.78 is 8.56. The van der Waals surface area contributed by atoms with E-state index in [1.165, 1.54) is 16.2 Å². The van der Waals surface area contributed by atoms with Crippen LogP contribution < -0.4 is 10.1 Å². The second-order valence-corrected chi connectivity index (χ2v) is 9.71. The van der Waals surface area contributed by atoms with E-state index in [4.69, 9.17) is 4.74 Å². The van der Waals surface area contributed by atoms with Gasteiger partial charge in [0.05, 0.1) is 32.8 Å². The van der Waals surface area contributed by atoms with Gasteiger partial charge in [-0.1, -0.05) is 6.92 Å². The minimum Gasteiger partial charge on any atom is -0.456 e. The van der Waals surface area contributed by atoms with Crippen LogP contribution in [0.2, 0.25) is 0 Å². The number of benzene rings is 1. The maximum atomic E-state index is 12.9. The molecule has 0 aliphatic carbocycles. The summed E-state index contributed by atoms with van der Waals surface area (Å²) in [7, 11) is 0. The molecule has 1 aliphatic rings. The number of rotatable bonds is 5. The molecule has 1 aliphatic heterocycles. The molecule has 9 nitrogen and oxygen atoms in total. The van der Waals surface area contributed by atoms with Gasteiger partial charge in [-0.05, 0) is 43.7 Å². The third kappa shape index (κ3) is 4.36. The summed E-state index contributed by atoms with van der Waals surface area (Å²) in [5, 5.41) is 23.3. The third-order valence-corrected chi connectivity index (χ3v) is 7.17. The largest absolute Gasteiger partial charge is 0.456 e. The van der Waals surface area contributed by atoms with Gasteiger partial charge < -0.3 is 25.2 Å². The molecule has 0 spiro atoms. The maximum absolute atomic E-state index is 12.9. The van der Waals surface area contributed by atoms with Gasteiger partial charge in [0.25, 0.3) is 5.91 Å². The lowest BCUT2D eigenvalue weighted by molar-refractivity contribution is 0.0572. The van der Waals surface area contributed by atoms with Crippen LogP contribution in [0.5, 0.6) is 11.5 Å². The molecule has 35 heavy (non-hydrogen) atoms. The number of nitrogens with zero attached hydrogens (tertiary/aromatic N) is 3. The average molecular weight is 495 g/mol. The predicted molar refractivity (Wildman–Crippen MR) is 133 cm³/mol. The highest BCUT2D eigenvalue weighted by molar-refractivity contribution is 7.21. The summed E-state index contributed by atoms with van der Waals surface area (Å²) in [6.07, 6.45) is 0.618. The Balaban J connectivity index is 1.42. The number of aromatic nitrogens is 2. The molecule has 0 radical (unpaired) electrons. The van der Waals surface area contributed by atoms with Crippen molar-refractivity contribution in [2.75, 3.05) is 19.6 Å². The van der Waals surface area contributed by atoms with E-state index in [1.807, 2.05) is 38.1 Å². The lowest BCUT2D eigenvalue weighted by atomic mass is 10.2. The molecule has 4 heterocycles. The van der Waals surface area contributed by atoms with E-state index >= 15 is 0 Å². The van der Waals surface area contributed by atoms with E-state index in [9.17, 15) is 19.8 Å². The minimum absolute atomic E-state index is 0.0978. The lowest BCUT2D eigenvalue weighted by Gasteiger charge is -2.13. The number of amides is 2. The van der Waals surface area contributed by atoms with Gasteiger partial charge >= 0.3 is 6.03 Å². The predicted octanol–water partition coefficient (Wildman–Crippen LogP) is 3.50. The van der Waals surface area contributed by atoms with Crippen LogP contribution in [0.4, 0.5) is 4.79 Å². The zero-order valence-corrected chi connectivity index (χ0v) is 20.2. The van der Waals surface area contributed by atoms with E-state index in [0.717, 1.165) is 27.7 Å². The number of nitrogens with one attached hydrogen (secondary N) is 1. The lowest BCUT2D eigenvalue weighted by Crippen LogP contribution is -2.29. The molecule has 1 aromatic carbocycles. The number of aliphatic hydroxyl groups is 2. The Labute approximate surface area is 205 Å². The van der Waals surface area contributed by atoms with Crippen molar-refractivity contribution < 1.29 is 24.5 Å². The smallest absolute Gasteiger partial charge is 0.326 e. The number of fused-ring (bicyclic) bond motifs is 2. The fraction of sp³-hybridized carbons (Fsp3) is 0.320. The van der Waals surface area contributed by atoms with Crippen molar-refractivity contribution in [1.29, 1.82) is 0 Å². The van der Waals surface area contributed by atoms with Gasteiger partial charge in [-0.25, -0.2) is 4.79 Å². The highest BCUT2D eigenvalue weighted by Gasteiger charge is 2.33. The second-order valence-electron chi connectivity index (χ2n) is 8.65. The topological polar surface area (TPSA) is 117 Å². The molecular weight excluding hydrogens is 468 g/mol. The van der Waals surface area contributed by atoms with Gasteiger partial charge in [0.1, 0.15) is 11.5 Å². The van der Waals surface area contributed by atoms with Gasteiger partial charge in [-0.15, -0.1) is 11.3 Å². The zero-order chi connectivity index (χ0) is 24.7. The van der Waals surface area contributed by atoms with Gasteiger partial charge in [0, 0.05) is 43.0 Å². The molecule has 2 unspecified atom stereocenters. The van der Waals surface area contributed by atoms with Crippen molar-refractivity contribution in [3.63, 3.8) is 0 Å². The van der Waals surface area contributed by atoms with Crippen LogP contribution in [-0.2, 0) is 0 Å². The Morgan fingerprint density at radius 3 is 2.69 bits per heavy atom. The maximum Gasteiger partial charge on any atom is 0.326 e. The van der Waals surface area contributed by atoms with E-state index in [1.54, 1.807) is 22.9 Å². The first-order valence-corrected chi connectivity index (χ1v) is 12.3. The fourth-order valence-electron chi connectivity index (χ4n) is 4.29. The molecule has 4 aromatic rings. The molecule has 2 amide bonds. The van der Waals surface area contributed by atoms with E-state index in [2.05, 4.69) is 10.3 Å². The number of carbonyl (C=O) groups is 2. The van der Waals surface area contributed by atoms with Crippen molar-refractivity contribution in [3.05, 3.63) is 53.2 Å². The van der Waals surface area contributed by atoms with Crippen molar-refractivity contribution in [2.24, 2.45) is 0 Å². The Kier molecular flexibility index (Phi) is 6.18. The van der Waals surface area contributed by atoms with Gasteiger partial charge in [-0.2, -0.15) is 0 Å². The number of hydrogen-bond donors (Lipinski definition) is 3. The van der Waals surface area contributed by atoms with Crippen LogP contribution in [-0.4, -0.2) is 68.4 Å². The summed E-state index contributed by atoms with van der Waals surface area (Å²) in [6.45, 7) is 4.71. The summed E-state index contributed by atoms with van der Waals surface area (Å²) in [6, 6.07) is 10.8. The number of pyridine rings is 1. The molecule has 3 aromatic heterocycles. The Morgan fingerprint density at radius 1 is 1.17 bits per heavy atom. The van der Waals surface area contributed by atoms with Gasteiger partial charge in [0.15, 0.2) is 0 Å². The Bertz CT molecular complexity index is 1420. The number of thiophene rings is 1. The number of aryl methyl sites for hydroxylation is 1. The Hall–Kier alpha value is -3.47. The number of aliphatic hydroxyl groups excluding tert-OH is 2. The van der Waals surface area contributed by atoms with Crippen LogP contribution in [0.25, 0.3) is 21.1 Å². The summed E-state index contributed by atoms with van der Waals surface area (Å²) >= 11 is 1.26. The summed E-state index contributed by atoms with van der Waals surface area (Å²) in [5.41, 5.74) is 2.25. The zero-order valence-electron chi connectivity index (χ0n) is 19.4. The number of hydrogen-bond acceptors (Lipinski definition) is 7. The van der Waals surface area contributed by atoms with Crippen LogP contribution in [0, 0.1) is 6.92 Å². The van der Waals surface area contributed by atoms with E-state index in [0.29, 0.717) is 28.4 Å². The molecule has 2 atom stereocenters. The normalized spacial score (nSPS) is 17.9. The molecule has 182 valence electrons. The SMILES string of the molecule is CCCNC(=O)n1c(C)cc2cc(Oc3ccnc4cc(C(=O)N5CC(O)C(O)C5)sc34)ccc21. The van der Waals surface area contributed by atoms with Crippen molar-refractivity contribution >= 4 is 44.4 Å². The molecular formula is C25H26N4O5S.